The largest absolute Gasteiger partial charge is 0.382 e. The lowest BCUT2D eigenvalue weighted by molar-refractivity contribution is 0.631. The molecule has 2 aromatic rings. The van der Waals surface area contributed by atoms with Gasteiger partial charge in [0.1, 0.15) is 17.3 Å². The molecule has 1 fully saturated rings. The Labute approximate surface area is 108 Å². The summed E-state index contributed by atoms with van der Waals surface area (Å²) in [5.41, 5.74) is 6.42. The summed E-state index contributed by atoms with van der Waals surface area (Å²) in [5, 5.41) is 0.280. The number of hydrogen-bond acceptors (Lipinski definition) is 3. The van der Waals surface area contributed by atoms with Crippen LogP contribution < -0.4 is 11.6 Å². The molecule has 1 heterocycles. The second kappa shape index (κ2) is 3.88. The van der Waals surface area contributed by atoms with E-state index in [0.717, 1.165) is 12.8 Å². The lowest BCUT2D eigenvalue weighted by Gasteiger charge is -2.04. The predicted octanol–water partition coefficient (Wildman–Crippen LogP) is 2.52. The third-order valence-electron chi connectivity index (χ3n) is 3.12. The van der Waals surface area contributed by atoms with Crippen molar-refractivity contribution in [3.05, 3.63) is 34.9 Å². The lowest BCUT2D eigenvalue weighted by atomic mass is 10.1. The third kappa shape index (κ3) is 1.62. The molecule has 4 N–H and O–H groups in total. The topological polar surface area (TPSA) is 69.9 Å². The number of imidazole rings is 1. The summed E-state index contributed by atoms with van der Waals surface area (Å²) in [7, 11) is 0. The van der Waals surface area contributed by atoms with E-state index < -0.39 is 5.82 Å². The van der Waals surface area contributed by atoms with E-state index in [1.165, 1.54) is 10.7 Å². The maximum absolute atomic E-state index is 13.8. The Hall–Kier alpha value is -1.75. The number of nitrogens with two attached hydrogens (primary N) is 2. The predicted molar refractivity (Wildman–Crippen MR) is 69.2 cm³/mol. The van der Waals surface area contributed by atoms with Crippen LogP contribution in [-0.4, -0.2) is 9.66 Å². The number of rotatable bonds is 2. The van der Waals surface area contributed by atoms with Gasteiger partial charge in [0.25, 0.3) is 0 Å². The lowest BCUT2D eigenvalue weighted by Crippen LogP contribution is -2.14. The van der Waals surface area contributed by atoms with E-state index in [0.29, 0.717) is 17.4 Å². The average molecular weight is 267 g/mol. The highest BCUT2D eigenvalue weighted by molar-refractivity contribution is 6.33. The minimum atomic E-state index is -0.449. The fourth-order valence-corrected chi connectivity index (χ4v) is 2.25. The molecule has 0 spiro atoms. The summed E-state index contributed by atoms with van der Waals surface area (Å²) in [4.78, 5) is 4.35. The van der Waals surface area contributed by atoms with Crippen molar-refractivity contribution < 1.29 is 4.39 Å². The molecule has 6 heteroatoms. The Bertz CT molecular complexity index is 599. The van der Waals surface area contributed by atoms with Crippen LogP contribution in [0.25, 0.3) is 11.3 Å². The van der Waals surface area contributed by atoms with Crippen LogP contribution in [-0.2, 0) is 0 Å². The van der Waals surface area contributed by atoms with Gasteiger partial charge in [-0.1, -0.05) is 17.7 Å². The van der Waals surface area contributed by atoms with E-state index in [2.05, 4.69) is 4.98 Å². The third-order valence-corrected chi connectivity index (χ3v) is 3.43. The fourth-order valence-electron chi connectivity index (χ4n) is 2.00. The van der Waals surface area contributed by atoms with E-state index in [-0.39, 0.29) is 16.4 Å². The van der Waals surface area contributed by atoms with Crippen molar-refractivity contribution in [2.45, 2.75) is 18.8 Å². The molecule has 0 aliphatic heterocycles. The molecule has 1 aromatic heterocycles. The number of aromatic nitrogens is 2. The number of anilines is 1. The Morgan fingerprint density at radius 3 is 2.72 bits per heavy atom. The van der Waals surface area contributed by atoms with Crippen molar-refractivity contribution in [3.8, 4) is 11.3 Å². The molecule has 0 atom stereocenters. The maximum atomic E-state index is 13.8. The quantitative estimate of drug-likeness (QED) is 0.821. The molecule has 18 heavy (non-hydrogen) atoms. The number of nitrogen functional groups attached to an aromatic ring is 2. The highest BCUT2D eigenvalue weighted by Crippen LogP contribution is 2.42. The zero-order valence-electron chi connectivity index (χ0n) is 9.53. The Kier molecular flexibility index (Phi) is 2.45. The molecule has 0 unspecified atom stereocenters. The van der Waals surface area contributed by atoms with Crippen LogP contribution in [0.3, 0.4) is 0 Å². The normalized spacial score (nSPS) is 15.0. The molecular formula is C12H12ClFN4. The van der Waals surface area contributed by atoms with Crippen LogP contribution in [0, 0.1) is 5.82 Å². The van der Waals surface area contributed by atoms with E-state index in [1.807, 2.05) is 0 Å². The molecule has 94 valence electrons. The maximum Gasteiger partial charge on any atom is 0.151 e. The number of benzene rings is 1. The van der Waals surface area contributed by atoms with Gasteiger partial charge in [-0.25, -0.2) is 14.1 Å². The van der Waals surface area contributed by atoms with Crippen molar-refractivity contribution in [1.82, 2.24) is 9.66 Å². The zero-order valence-corrected chi connectivity index (χ0v) is 10.3. The molecule has 1 aliphatic carbocycles. The monoisotopic (exact) mass is 266 g/mol. The molecule has 1 aromatic carbocycles. The van der Waals surface area contributed by atoms with Gasteiger partial charge in [-0.05, 0) is 25.0 Å². The van der Waals surface area contributed by atoms with Crippen LogP contribution in [0.5, 0.6) is 0 Å². The van der Waals surface area contributed by atoms with Crippen molar-refractivity contribution in [2.24, 2.45) is 0 Å². The summed E-state index contributed by atoms with van der Waals surface area (Å²) >= 11 is 6.01. The first-order valence-corrected chi connectivity index (χ1v) is 6.05. The molecule has 0 saturated heterocycles. The molecule has 1 saturated carbocycles. The van der Waals surface area contributed by atoms with Gasteiger partial charge in [0.05, 0.1) is 10.6 Å². The van der Waals surface area contributed by atoms with Crippen molar-refractivity contribution in [2.75, 3.05) is 11.6 Å². The van der Waals surface area contributed by atoms with Crippen LogP contribution in [0.15, 0.2) is 18.2 Å². The van der Waals surface area contributed by atoms with Crippen LogP contribution in [0.2, 0.25) is 5.02 Å². The van der Waals surface area contributed by atoms with Gasteiger partial charge in [-0.3, -0.25) is 0 Å². The van der Waals surface area contributed by atoms with Crippen molar-refractivity contribution in [1.29, 1.82) is 0 Å². The van der Waals surface area contributed by atoms with E-state index in [9.17, 15) is 4.39 Å². The van der Waals surface area contributed by atoms with Gasteiger partial charge in [-0.15, -0.1) is 0 Å². The van der Waals surface area contributed by atoms with Gasteiger partial charge in [0, 0.05) is 5.92 Å². The molecular weight excluding hydrogens is 255 g/mol. The number of nitrogens with zero attached hydrogens (tertiary/aromatic N) is 2. The summed E-state index contributed by atoms with van der Waals surface area (Å²) in [6.07, 6.45) is 2.08. The highest BCUT2D eigenvalue weighted by atomic mass is 35.5. The summed E-state index contributed by atoms with van der Waals surface area (Å²) in [5.74, 6) is 6.66. The standard InChI is InChI=1S/C12H12ClFN4/c13-7-2-1-3-8(14)9(7)10-11(15)18(16)12(17-10)6-4-5-6/h1-3,6H,4-5,15-16H2. The summed E-state index contributed by atoms with van der Waals surface area (Å²) in [6, 6.07) is 4.47. The molecule has 0 bridgehead atoms. The smallest absolute Gasteiger partial charge is 0.151 e. The Morgan fingerprint density at radius 2 is 2.11 bits per heavy atom. The first kappa shape index (κ1) is 11.3. The van der Waals surface area contributed by atoms with Crippen molar-refractivity contribution in [3.63, 3.8) is 0 Å². The summed E-state index contributed by atoms with van der Waals surface area (Å²) in [6.45, 7) is 0. The number of hydrogen-bond donors (Lipinski definition) is 2. The Morgan fingerprint density at radius 1 is 1.39 bits per heavy atom. The first-order chi connectivity index (χ1) is 8.59. The highest BCUT2D eigenvalue weighted by Gasteiger charge is 2.31. The second-order valence-electron chi connectivity index (χ2n) is 4.44. The van der Waals surface area contributed by atoms with Crippen molar-refractivity contribution >= 4 is 17.4 Å². The van der Waals surface area contributed by atoms with Gasteiger partial charge in [-0.2, -0.15) is 0 Å². The van der Waals surface area contributed by atoms with Crippen LogP contribution in [0.4, 0.5) is 10.2 Å². The SMILES string of the molecule is Nc1c(-c2c(F)cccc2Cl)nc(C2CC2)n1N. The van der Waals surface area contributed by atoms with Gasteiger partial charge in [0.2, 0.25) is 0 Å². The van der Waals surface area contributed by atoms with Crippen LogP contribution >= 0.6 is 11.6 Å². The average Bonchev–Trinajstić information content (AvgIpc) is 3.11. The molecule has 0 radical (unpaired) electrons. The minimum Gasteiger partial charge on any atom is -0.382 e. The fraction of sp³-hybridized carbons (Fsp3) is 0.250. The molecule has 3 rings (SSSR count). The van der Waals surface area contributed by atoms with Gasteiger partial charge >= 0.3 is 0 Å². The van der Waals surface area contributed by atoms with E-state index >= 15 is 0 Å². The minimum absolute atomic E-state index is 0.211. The van der Waals surface area contributed by atoms with E-state index in [1.54, 1.807) is 12.1 Å². The van der Waals surface area contributed by atoms with Gasteiger partial charge in [0.15, 0.2) is 5.82 Å². The van der Waals surface area contributed by atoms with E-state index in [4.69, 9.17) is 23.2 Å². The number of halogens is 2. The second-order valence-corrected chi connectivity index (χ2v) is 4.85. The molecule has 4 nitrogen and oxygen atoms in total. The molecule has 1 aliphatic rings. The Balaban J connectivity index is 2.20. The first-order valence-electron chi connectivity index (χ1n) is 5.67. The molecule has 0 amide bonds. The summed E-state index contributed by atoms with van der Waals surface area (Å²) < 4.78 is 15.2. The van der Waals surface area contributed by atoms with Gasteiger partial charge < -0.3 is 11.6 Å². The van der Waals surface area contributed by atoms with Crippen LogP contribution in [0.1, 0.15) is 24.6 Å². The zero-order chi connectivity index (χ0) is 12.9.